The second-order valence-electron chi connectivity index (χ2n) is 3.23. The van der Waals surface area contributed by atoms with Gasteiger partial charge in [-0.15, -0.1) is 13.2 Å². The van der Waals surface area contributed by atoms with E-state index in [1.165, 1.54) is 0 Å². The molecule has 0 saturated heterocycles. The average Bonchev–Trinajstić information content (AvgIpc) is 2.03. The molecule has 90 valence electrons. The molecule has 15 heavy (non-hydrogen) atoms. The first-order valence-electron chi connectivity index (χ1n) is 4.22. The monoisotopic (exact) mass is 237 g/mol. The maximum Gasteiger partial charge on any atom is 0.397 e. The van der Waals surface area contributed by atoms with Crippen molar-refractivity contribution in [2.75, 3.05) is 7.11 Å². The van der Waals surface area contributed by atoms with Gasteiger partial charge in [0.25, 0.3) is 0 Å². The molecule has 0 spiro atoms. The zero-order valence-electron chi connectivity index (χ0n) is 9.14. The average molecular weight is 237 g/mol. The van der Waals surface area contributed by atoms with Gasteiger partial charge in [0.2, 0.25) is 0 Å². The molecular formula is C9H19NO4S. The van der Waals surface area contributed by atoms with Gasteiger partial charge in [-0.2, -0.15) is 8.42 Å². The lowest BCUT2D eigenvalue weighted by Crippen LogP contribution is -2.34. The molecule has 6 heteroatoms. The van der Waals surface area contributed by atoms with Crippen LogP contribution in [0.1, 0.15) is 19.8 Å². The summed E-state index contributed by atoms with van der Waals surface area (Å²) in [6.45, 7) is 9.22. The molecule has 0 atom stereocenters. The highest BCUT2D eigenvalue weighted by molar-refractivity contribution is 7.80. The molecule has 0 rings (SSSR count). The van der Waals surface area contributed by atoms with Gasteiger partial charge in [0.05, 0.1) is 7.11 Å². The van der Waals surface area contributed by atoms with Crippen LogP contribution >= 0.6 is 0 Å². The summed E-state index contributed by atoms with van der Waals surface area (Å²) < 4.78 is 29.7. The predicted molar refractivity (Wildman–Crippen MR) is 60.8 cm³/mol. The maximum absolute atomic E-state index is 9.33. The molecule has 0 radical (unpaired) electrons. The van der Waals surface area contributed by atoms with Crippen LogP contribution in [0.2, 0.25) is 0 Å². The molecule has 0 fully saturated rings. The summed E-state index contributed by atoms with van der Waals surface area (Å²) in [5.74, 6) is 0. The lowest BCUT2D eigenvalue weighted by molar-refractivity contribution is 0.324. The van der Waals surface area contributed by atoms with Crippen LogP contribution in [0, 0.1) is 0 Å². The number of hydrogen-bond donors (Lipinski definition) is 2. The molecule has 0 aromatic rings. The highest BCUT2D eigenvalue weighted by Crippen LogP contribution is 2.10. The fraction of sp³-hybridized carbons (Fsp3) is 0.556. The van der Waals surface area contributed by atoms with Crippen molar-refractivity contribution in [2.45, 2.75) is 25.3 Å². The molecule has 0 aromatic carbocycles. The summed E-state index contributed by atoms with van der Waals surface area (Å²) in [5, 5.41) is 0. The lowest BCUT2D eigenvalue weighted by atomic mass is 9.95. The Morgan fingerprint density at radius 3 is 1.80 bits per heavy atom. The smallest absolute Gasteiger partial charge is 0.325 e. The van der Waals surface area contributed by atoms with Crippen molar-refractivity contribution in [1.29, 1.82) is 0 Å². The first kappa shape index (κ1) is 16.7. The molecule has 0 heterocycles. The topological polar surface area (TPSA) is 89.6 Å². The van der Waals surface area contributed by atoms with Crippen LogP contribution in [0.15, 0.2) is 25.3 Å². The van der Waals surface area contributed by atoms with E-state index in [0.29, 0.717) is 0 Å². The van der Waals surface area contributed by atoms with Crippen molar-refractivity contribution in [3.8, 4) is 0 Å². The van der Waals surface area contributed by atoms with Crippen molar-refractivity contribution in [1.82, 2.24) is 0 Å². The minimum atomic E-state index is -4.16. The van der Waals surface area contributed by atoms with Crippen LogP contribution in [0.25, 0.3) is 0 Å². The Labute approximate surface area is 91.6 Å². The van der Waals surface area contributed by atoms with Gasteiger partial charge in [-0.3, -0.25) is 8.74 Å². The number of hydrogen-bond acceptors (Lipinski definition) is 4. The first-order valence-corrected chi connectivity index (χ1v) is 5.58. The van der Waals surface area contributed by atoms with E-state index < -0.39 is 10.4 Å². The van der Waals surface area contributed by atoms with E-state index in [2.05, 4.69) is 17.3 Å². The van der Waals surface area contributed by atoms with E-state index in [-0.39, 0.29) is 5.54 Å². The van der Waals surface area contributed by atoms with Crippen LogP contribution in [0.5, 0.6) is 0 Å². The van der Waals surface area contributed by atoms with Gasteiger partial charge in [-0.25, -0.2) is 0 Å². The molecule has 0 bridgehead atoms. The van der Waals surface area contributed by atoms with E-state index in [9.17, 15) is 8.42 Å². The summed E-state index contributed by atoms with van der Waals surface area (Å²) in [4.78, 5) is 0. The molecule has 5 nitrogen and oxygen atoms in total. The zero-order valence-corrected chi connectivity index (χ0v) is 9.96. The highest BCUT2D eigenvalue weighted by atomic mass is 32.3. The van der Waals surface area contributed by atoms with Gasteiger partial charge in [-0.1, -0.05) is 12.2 Å². The third-order valence-corrected chi connectivity index (χ3v) is 1.85. The van der Waals surface area contributed by atoms with E-state index in [1.807, 2.05) is 19.1 Å². The second kappa shape index (κ2) is 7.58. The molecule has 0 aromatic heterocycles. The van der Waals surface area contributed by atoms with Crippen molar-refractivity contribution >= 4 is 10.4 Å². The van der Waals surface area contributed by atoms with Gasteiger partial charge in [0, 0.05) is 5.54 Å². The molecule has 0 unspecified atom stereocenters. The first-order chi connectivity index (χ1) is 6.68. The SMILES string of the molecule is C=CCC(C)(N)CC=C.COS(=O)(=O)O. The summed E-state index contributed by atoms with van der Waals surface area (Å²) >= 11 is 0. The normalized spacial score (nSPS) is 11.2. The minimum Gasteiger partial charge on any atom is -0.325 e. The third-order valence-electron chi connectivity index (χ3n) is 1.43. The Bertz CT molecular complexity index is 270. The summed E-state index contributed by atoms with van der Waals surface area (Å²) in [6.07, 6.45) is 5.37. The van der Waals surface area contributed by atoms with Crippen LogP contribution in [-0.4, -0.2) is 25.6 Å². The summed E-state index contributed by atoms with van der Waals surface area (Å²) in [5.41, 5.74) is 5.66. The van der Waals surface area contributed by atoms with Gasteiger partial charge in [0.1, 0.15) is 0 Å². The molecular weight excluding hydrogens is 218 g/mol. The Balaban J connectivity index is 0. The van der Waals surface area contributed by atoms with Crippen molar-refractivity contribution in [3.05, 3.63) is 25.3 Å². The quantitative estimate of drug-likeness (QED) is 0.555. The Morgan fingerprint density at radius 2 is 1.67 bits per heavy atom. The van der Waals surface area contributed by atoms with Crippen molar-refractivity contribution in [3.63, 3.8) is 0 Å². The van der Waals surface area contributed by atoms with Crippen LogP contribution < -0.4 is 5.73 Å². The summed E-state index contributed by atoms with van der Waals surface area (Å²) in [6, 6.07) is 0. The fourth-order valence-corrected chi connectivity index (χ4v) is 0.743. The van der Waals surface area contributed by atoms with E-state index in [4.69, 9.17) is 10.3 Å². The Morgan fingerprint density at radius 1 is 1.40 bits per heavy atom. The van der Waals surface area contributed by atoms with Crippen LogP contribution in [0.4, 0.5) is 0 Å². The highest BCUT2D eigenvalue weighted by Gasteiger charge is 2.12. The molecule has 0 aliphatic rings. The Kier molecular flexibility index (Phi) is 8.46. The van der Waals surface area contributed by atoms with Gasteiger partial charge in [-0.05, 0) is 19.8 Å². The number of nitrogens with two attached hydrogens (primary N) is 1. The molecule has 3 N–H and O–H groups in total. The van der Waals surface area contributed by atoms with E-state index in [1.54, 1.807) is 0 Å². The van der Waals surface area contributed by atoms with Gasteiger partial charge >= 0.3 is 10.4 Å². The Hall–Kier alpha value is -0.690. The molecule has 0 aliphatic carbocycles. The largest absolute Gasteiger partial charge is 0.397 e. The molecule has 0 saturated carbocycles. The zero-order chi connectivity index (χ0) is 12.5. The maximum atomic E-state index is 9.33. The second-order valence-corrected chi connectivity index (χ2v) is 4.42. The standard InChI is InChI=1S/C8H15N.CH4O4S/c1-4-6-8(3,9)7-5-2;1-5-6(2,3)4/h4-5H,1-2,6-7,9H2,3H3;1H3,(H,2,3,4). The van der Waals surface area contributed by atoms with Crippen molar-refractivity contribution < 1.29 is 17.2 Å². The van der Waals surface area contributed by atoms with Gasteiger partial charge < -0.3 is 5.73 Å². The fourth-order valence-electron chi connectivity index (χ4n) is 0.743. The van der Waals surface area contributed by atoms with Gasteiger partial charge in [0.15, 0.2) is 0 Å². The molecule has 0 aliphatic heterocycles. The number of rotatable bonds is 5. The van der Waals surface area contributed by atoms with Crippen LogP contribution in [-0.2, 0) is 14.6 Å². The van der Waals surface area contributed by atoms with Crippen molar-refractivity contribution in [2.24, 2.45) is 5.73 Å². The van der Waals surface area contributed by atoms with E-state index in [0.717, 1.165) is 20.0 Å². The lowest BCUT2D eigenvalue weighted by Gasteiger charge is -2.20. The third kappa shape index (κ3) is 16.0. The molecule has 0 amide bonds. The summed E-state index contributed by atoms with van der Waals surface area (Å²) in [7, 11) is -3.29. The van der Waals surface area contributed by atoms with E-state index >= 15 is 0 Å². The minimum absolute atomic E-state index is 0.135. The van der Waals surface area contributed by atoms with Crippen LogP contribution in [0.3, 0.4) is 0 Å². The predicted octanol–water partition coefficient (Wildman–Crippen LogP) is 1.29.